The summed E-state index contributed by atoms with van der Waals surface area (Å²) >= 11 is 3.75. The van der Waals surface area contributed by atoms with Crippen LogP contribution in [0.4, 0.5) is 8.78 Å². The standard InChI is InChI=1S/C7H4F2I2O/c8-7(9)4-1-3(12)2-5(10)6(4)11/h1-2,7,12H. The van der Waals surface area contributed by atoms with Gasteiger partial charge in [-0.1, -0.05) is 0 Å². The Balaban J connectivity index is 3.28. The van der Waals surface area contributed by atoms with Crippen LogP contribution < -0.4 is 0 Å². The molecule has 0 bridgehead atoms. The van der Waals surface area contributed by atoms with Crippen molar-refractivity contribution in [1.29, 1.82) is 0 Å². The first-order valence-corrected chi connectivity index (χ1v) is 5.14. The molecule has 0 heterocycles. The lowest BCUT2D eigenvalue weighted by molar-refractivity contribution is 0.150. The van der Waals surface area contributed by atoms with Crippen molar-refractivity contribution in [3.05, 3.63) is 24.8 Å². The molecular formula is C7H4F2I2O. The molecule has 1 nitrogen and oxygen atoms in total. The summed E-state index contributed by atoms with van der Waals surface area (Å²) in [4.78, 5) is 0. The van der Waals surface area contributed by atoms with Gasteiger partial charge in [0.1, 0.15) is 5.75 Å². The number of phenolic OH excluding ortho intramolecular Hbond substituents is 1. The SMILES string of the molecule is Oc1cc(I)c(I)c(C(F)F)c1. The highest BCUT2D eigenvalue weighted by Gasteiger charge is 2.14. The van der Waals surface area contributed by atoms with Crippen LogP contribution in [-0.4, -0.2) is 5.11 Å². The second-order valence-corrected chi connectivity index (χ2v) is 4.37. The Morgan fingerprint density at radius 3 is 2.33 bits per heavy atom. The summed E-state index contributed by atoms with van der Waals surface area (Å²) in [5.41, 5.74) is -0.111. The van der Waals surface area contributed by atoms with Crippen LogP contribution in [0.15, 0.2) is 12.1 Å². The van der Waals surface area contributed by atoms with Crippen molar-refractivity contribution in [3.8, 4) is 5.75 Å². The van der Waals surface area contributed by atoms with Crippen molar-refractivity contribution in [3.63, 3.8) is 0 Å². The van der Waals surface area contributed by atoms with Crippen molar-refractivity contribution in [2.24, 2.45) is 0 Å². The van der Waals surface area contributed by atoms with Crippen LogP contribution in [0.3, 0.4) is 0 Å². The van der Waals surface area contributed by atoms with E-state index in [0.717, 1.165) is 6.07 Å². The number of aromatic hydroxyl groups is 1. The summed E-state index contributed by atoms with van der Waals surface area (Å²) in [5.74, 6) is -0.116. The molecule has 0 amide bonds. The number of halogens is 4. The number of alkyl halides is 2. The van der Waals surface area contributed by atoms with Crippen molar-refractivity contribution in [2.75, 3.05) is 0 Å². The van der Waals surface area contributed by atoms with E-state index in [1.54, 1.807) is 0 Å². The molecule has 0 saturated carbocycles. The lowest BCUT2D eigenvalue weighted by atomic mass is 10.2. The predicted octanol–water partition coefficient (Wildman–Crippen LogP) is 3.54. The number of rotatable bonds is 1. The van der Waals surface area contributed by atoms with Gasteiger partial charge in [-0.3, -0.25) is 0 Å². The third kappa shape index (κ3) is 2.18. The molecule has 0 atom stereocenters. The van der Waals surface area contributed by atoms with Crippen molar-refractivity contribution >= 4 is 45.2 Å². The third-order valence-electron chi connectivity index (χ3n) is 1.28. The Morgan fingerprint density at radius 1 is 1.25 bits per heavy atom. The molecule has 0 aromatic heterocycles. The Labute approximate surface area is 95.4 Å². The van der Waals surface area contributed by atoms with Gasteiger partial charge in [-0.05, 0) is 57.3 Å². The fourth-order valence-electron chi connectivity index (χ4n) is 0.754. The summed E-state index contributed by atoms with van der Waals surface area (Å²) in [6.45, 7) is 0. The monoisotopic (exact) mass is 396 g/mol. The first-order valence-electron chi connectivity index (χ1n) is 2.98. The van der Waals surface area contributed by atoms with Gasteiger partial charge in [0, 0.05) is 12.7 Å². The smallest absolute Gasteiger partial charge is 0.265 e. The molecule has 1 aromatic rings. The van der Waals surface area contributed by atoms with Crippen LogP contribution in [0.2, 0.25) is 0 Å². The van der Waals surface area contributed by atoms with Gasteiger partial charge in [-0.25, -0.2) is 8.78 Å². The normalized spacial score (nSPS) is 10.8. The average Bonchev–Trinajstić information content (AvgIpc) is 1.96. The first-order chi connectivity index (χ1) is 5.52. The number of hydrogen-bond donors (Lipinski definition) is 1. The summed E-state index contributed by atoms with van der Waals surface area (Å²) in [5, 5.41) is 9.03. The maximum absolute atomic E-state index is 12.3. The Hall–Kier alpha value is 0.340. The zero-order valence-electron chi connectivity index (χ0n) is 5.69. The van der Waals surface area contributed by atoms with Crippen LogP contribution >= 0.6 is 45.2 Å². The summed E-state index contributed by atoms with van der Waals surface area (Å²) < 4.78 is 25.7. The van der Waals surface area contributed by atoms with E-state index in [4.69, 9.17) is 5.11 Å². The highest BCUT2D eigenvalue weighted by Crippen LogP contribution is 2.31. The minimum atomic E-state index is -2.53. The molecule has 0 aliphatic carbocycles. The molecule has 0 unspecified atom stereocenters. The van der Waals surface area contributed by atoms with E-state index >= 15 is 0 Å². The van der Waals surface area contributed by atoms with E-state index in [9.17, 15) is 8.78 Å². The minimum Gasteiger partial charge on any atom is -0.508 e. The molecule has 66 valence electrons. The van der Waals surface area contributed by atoms with Crippen LogP contribution in [0.25, 0.3) is 0 Å². The number of hydrogen-bond acceptors (Lipinski definition) is 1. The molecule has 0 saturated heterocycles. The Bertz CT molecular complexity index is 302. The second-order valence-electron chi connectivity index (χ2n) is 2.13. The van der Waals surface area contributed by atoms with Crippen LogP contribution in [0, 0.1) is 7.14 Å². The molecule has 0 radical (unpaired) electrons. The molecule has 12 heavy (non-hydrogen) atoms. The fraction of sp³-hybridized carbons (Fsp3) is 0.143. The molecular weight excluding hydrogens is 392 g/mol. The van der Waals surface area contributed by atoms with Crippen LogP contribution in [-0.2, 0) is 0 Å². The zero-order valence-corrected chi connectivity index (χ0v) is 10.0. The number of benzene rings is 1. The van der Waals surface area contributed by atoms with Crippen molar-refractivity contribution < 1.29 is 13.9 Å². The summed E-state index contributed by atoms with van der Waals surface area (Å²) in [7, 11) is 0. The molecule has 1 aromatic carbocycles. The third-order valence-corrected chi connectivity index (χ3v) is 4.36. The lowest BCUT2D eigenvalue weighted by Crippen LogP contribution is -1.91. The highest BCUT2D eigenvalue weighted by molar-refractivity contribution is 14.1. The van der Waals surface area contributed by atoms with Gasteiger partial charge in [-0.15, -0.1) is 0 Å². The molecule has 0 fully saturated rings. The summed E-state index contributed by atoms with van der Waals surface area (Å²) in [6, 6.07) is 2.54. The van der Waals surface area contributed by atoms with E-state index in [1.165, 1.54) is 6.07 Å². The number of phenols is 1. The molecule has 0 aliphatic rings. The van der Waals surface area contributed by atoms with Crippen molar-refractivity contribution in [1.82, 2.24) is 0 Å². The molecule has 5 heteroatoms. The van der Waals surface area contributed by atoms with E-state index in [-0.39, 0.29) is 11.3 Å². The quantitative estimate of drug-likeness (QED) is 0.721. The van der Waals surface area contributed by atoms with Crippen LogP contribution in [0.1, 0.15) is 12.0 Å². The largest absolute Gasteiger partial charge is 0.508 e. The highest BCUT2D eigenvalue weighted by atomic mass is 127. The maximum Gasteiger partial charge on any atom is 0.265 e. The molecule has 0 aliphatic heterocycles. The van der Waals surface area contributed by atoms with Crippen LogP contribution in [0.5, 0.6) is 5.75 Å². The van der Waals surface area contributed by atoms with Gasteiger partial charge in [0.2, 0.25) is 0 Å². The fourth-order valence-corrected chi connectivity index (χ4v) is 1.93. The van der Waals surface area contributed by atoms with Gasteiger partial charge >= 0.3 is 0 Å². The van der Waals surface area contributed by atoms with Crippen molar-refractivity contribution in [2.45, 2.75) is 6.43 Å². The van der Waals surface area contributed by atoms with Gasteiger partial charge in [0.05, 0.1) is 0 Å². The molecule has 1 rings (SSSR count). The average molecular weight is 396 g/mol. The second kappa shape index (κ2) is 4.03. The van der Waals surface area contributed by atoms with E-state index in [2.05, 4.69) is 0 Å². The van der Waals surface area contributed by atoms with Gasteiger partial charge in [-0.2, -0.15) is 0 Å². The molecule has 1 N–H and O–H groups in total. The zero-order chi connectivity index (χ0) is 9.30. The minimum absolute atomic E-state index is 0.111. The summed E-state index contributed by atoms with van der Waals surface area (Å²) in [6.07, 6.45) is -2.53. The Morgan fingerprint density at radius 2 is 1.83 bits per heavy atom. The topological polar surface area (TPSA) is 20.2 Å². The lowest BCUT2D eigenvalue weighted by Gasteiger charge is -2.05. The van der Waals surface area contributed by atoms with Gasteiger partial charge < -0.3 is 5.11 Å². The van der Waals surface area contributed by atoms with E-state index in [0.29, 0.717) is 7.14 Å². The van der Waals surface area contributed by atoms with E-state index < -0.39 is 6.43 Å². The van der Waals surface area contributed by atoms with E-state index in [1.807, 2.05) is 45.2 Å². The maximum atomic E-state index is 12.3. The van der Waals surface area contributed by atoms with Gasteiger partial charge in [0.25, 0.3) is 6.43 Å². The molecule has 0 spiro atoms. The first kappa shape index (κ1) is 10.4. The van der Waals surface area contributed by atoms with Gasteiger partial charge in [0.15, 0.2) is 0 Å². The Kier molecular flexibility index (Phi) is 3.50. The predicted molar refractivity (Wildman–Crippen MR) is 58.5 cm³/mol.